The highest BCUT2D eigenvalue weighted by Gasteiger charge is 2.18. The highest BCUT2D eigenvalue weighted by Crippen LogP contribution is 2.06. The summed E-state index contributed by atoms with van der Waals surface area (Å²) >= 11 is 0. The minimum absolute atomic E-state index is 0.238. The third-order valence-corrected chi connectivity index (χ3v) is 2.89. The second-order valence-electron chi connectivity index (χ2n) is 4.60. The molecule has 1 N–H and O–H groups in total. The monoisotopic (exact) mass is 312 g/mol. The first-order chi connectivity index (χ1) is 10.7. The van der Waals surface area contributed by atoms with Gasteiger partial charge in [-0.25, -0.2) is 4.79 Å². The maximum absolute atomic E-state index is 11.2. The molecule has 0 radical (unpaired) electrons. The number of carbonyl (C=O) groups is 1. The lowest BCUT2D eigenvalue weighted by Gasteiger charge is -2.14. The van der Waals surface area contributed by atoms with Crippen LogP contribution in [0.15, 0.2) is 30.3 Å². The van der Waals surface area contributed by atoms with Crippen molar-refractivity contribution in [2.24, 2.45) is 0 Å². The van der Waals surface area contributed by atoms with Gasteiger partial charge in [0.1, 0.15) is 0 Å². The van der Waals surface area contributed by atoms with Crippen molar-refractivity contribution in [1.82, 2.24) is 0 Å². The van der Waals surface area contributed by atoms with E-state index in [-0.39, 0.29) is 6.61 Å². The van der Waals surface area contributed by atoms with Gasteiger partial charge in [-0.05, 0) is 5.56 Å². The van der Waals surface area contributed by atoms with Gasteiger partial charge in [-0.3, -0.25) is 0 Å². The second kappa shape index (κ2) is 12.1. The van der Waals surface area contributed by atoms with Gasteiger partial charge in [0.05, 0.1) is 39.6 Å². The van der Waals surface area contributed by atoms with Crippen LogP contribution in [0.3, 0.4) is 0 Å². The molecule has 6 heteroatoms. The number of carboxylic acids is 1. The molecule has 0 aliphatic carbocycles. The van der Waals surface area contributed by atoms with Crippen LogP contribution in [0.5, 0.6) is 0 Å². The number of rotatable bonds is 13. The van der Waals surface area contributed by atoms with Gasteiger partial charge in [0.25, 0.3) is 0 Å². The summed E-state index contributed by atoms with van der Waals surface area (Å²) in [5.74, 6) is -0.966. The first-order valence-corrected chi connectivity index (χ1v) is 7.26. The molecule has 6 nitrogen and oxygen atoms in total. The average Bonchev–Trinajstić information content (AvgIpc) is 2.53. The number of ether oxygens (including phenoxy) is 4. The van der Waals surface area contributed by atoms with Crippen LogP contribution in [0.1, 0.15) is 5.56 Å². The molecule has 0 amide bonds. The SMILES string of the molecule is COCCOCCOCCOC(Cc1ccccc1)C(=O)O. The zero-order valence-corrected chi connectivity index (χ0v) is 12.9. The molecule has 124 valence electrons. The van der Waals surface area contributed by atoms with E-state index in [4.69, 9.17) is 24.1 Å². The largest absolute Gasteiger partial charge is 0.479 e. The Kier molecular flexibility index (Phi) is 10.2. The van der Waals surface area contributed by atoms with Crippen molar-refractivity contribution >= 4 is 5.97 Å². The van der Waals surface area contributed by atoms with Gasteiger partial charge in [-0.2, -0.15) is 0 Å². The predicted molar refractivity (Wildman–Crippen MR) is 81.0 cm³/mol. The van der Waals surface area contributed by atoms with Gasteiger partial charge < -0.3 is 24.1 Å². The Morgan fingerprint density at radius 1 is 1.00 bits per heavy atom. The van der Waals surface area contributed by atoms with Gasteiger partial charge in [0, 0.05) is 13.5 Å². The summed E-state index contributed by atoms with van der Waals surface area (Å²) in [5, 5.41) is 9.16. The molecule has 0 heterocycles. The van der Waals surface area contributed by atoms with Gasteiger partial charge >= 0.3 is 5.97 Å². The van der Waals surface area contributed by atoms with Crippen molar-refractivity contribution in [3.05, 3.63) is 35.9 Å². The number of hydrogen-bond acceptors (Lipinski definition) is 5. The Morgan fingerprint density at radius 3 is 2.18 bits per heavy atom. The van der Waals surface area contributed by atoms with Crippen LogP contribution >= 0.6 is 0 Å². The number of benzene rings is 1. The highest BCUT2D eigenvalue weighted by molar-refractivity contribution is 5.72. The molecule has 0 aliphatic heterocycles. The van der Waals surface area contributed by atoms with E-state index in [0.717, 1.165) is 5.56 Å². The topological polar surface area (TPSA) is 74.2 Å². The van der Waals surface area contributed by atoms with Crippen molar-refractivity contribution in [1.29, 1.82) is 0 Å². The first-order valence-electron chi connectivity index (χ1n) is 7.26. The van der Waals surface area contributed by atoms with Crippen LogP contribution in [-0.4, -0.2) is 63.9 Å². The van der Waals surface area contributed by atoms with E-state index in [1.165, 1.54) is 0 Å². The van der Waals surface area contributed by atoms with Crippen LogP contribution in [0.4, 0.5) is 0 Å². The molecule has 0 saturated carbocycles. The van der Waals surface area contributed by atoms with Crippen molar-refractivity contribution < 1.29 is 28.8 Å². The van der Waals surface area contributed by atoms with E-state index in [1.807, 2.05) is 30.3 Å². The van der Waals surface area contributed by atoms with Crippen LogP contribution in [-0.2, 0) is 30.2 Å². The molecule has 0 spiro atoms. The molecular weight excluding hydrogens is 288 g/mol. The minimum atomic E-state index is -0.966. The molecule has 1 atom stereocenters. The molecule has 22 heavy (non-hydrogen) atoms. The third kappa shape index (κ3) is 8.74. The lowest BCUT2D eigenvalue weighted by Crippen LogP contribution is -2.28. The van der Waals surface area contributed by atoms with Crippen molar-refractivity contribution in [2.75, 3.05) is 46.8 Å². The fourth-order valence-electron chi connectivity index (χ4n) is 1.76. The molecule has 0 saturated heterocycles. The Morgan fingerprint density at radius 2 is 1.59 bits per heavy atom. The van der Waals surface area contributed by atoms with E-state index in [1.54, 1.807) is 7.11 Å². The maximum Gasteiger partial charge on any atom is 0.333 e. The van der Waals surface area contributed by atoms with Crippen molar-refractivity contribution in [2.45, 2.75) is 12.5 Å². The predicted octanol–water partition coefficient (Wildman–Crippen LogP) is 1.38. The summed E-state index contributed by atoms with van der Waals surface area (Å²) in [5.41, 5.74) is 0.933. The summed E-state index contributed by atoms with van der Waals surface area (Å²) in [4.78, 5) is 11.2. The van der Waals surface area contributed by atoms with Crippen LogP contribution in [0.2, 0.25) is 0 Å². The van der Waals surface area contributed by atoms with Crippen molar-refractivity contribution in [3.8, 4) is 0 Å². The molecule has 1 rings (SSSR count). The number of aliphatic carboxylic acids is 1. The van der Waals surface area contributed by atoms with Crippen LogP contribution < -0.4 is 0 Å². The lowest BCUT2D eigenvalue weighted by atomic mass is 10.1. The van der Waals surface area contributed by atoms with Crippen molar-refractivity contribution in [3.63, 3.8) is 0 Å². The van der Waals surface area contributed by atoms with E-state index in [9.17, 15) is 4.79 Å². The highest BCUT2D eigenvalue weighted by atomic mass is 16.6. The van der Waals surface area contributed by atoms with Gasteiger partial charge in [-0.15, -0.1) is 0 Å². The summed E-state index contributed by atoms with van der Waals surface area (Å²) in [7, 11) is 1.62. The normalized spacial score (nSPS) is 12.2. The zero-order valence-electron chi connectivity index (χ0n) is 12.9. The number of methoxy groups -OCH3 is 1. The summed E-state index contributed by atoms with van der Waals surface area (Å²) < 4.78 is 20.8. The zero-order chi connectivity index (χ0) is 16.0. The Balaban J connectivity index is 2.11. The smallest absolute Gasteiger partial charge is 0.333 e. The van der Waals surface area contributed by atoms with Crippen LogP contribution in [0, 0.1) is 0 Å². The third-order valence-electron chi connectivity index (χ3n) is 2.89. The summed E-state index contributed by atoms with van der Waals surface area (Å²) in [6, 6.07) is 9.41. The van der Waals surface area contributed by atoms with Crippen LogP contribution in [0.25, 0.3) is 0 Å². The molecule has 0 aromatic heterocycles. The minimum Gasteiger partial charge on any atom is -0.479 e. The molecule has 1 aromatic carbocycles. The van der Waals surface area contributed by atoms with E-state index in [2.05, 4.69) is 0 Å². The average molecular weight is 312 g/mol. The van der Waals surface area contributed by atoms with Gasteiger partial charge in [0.2, 0.25) is 0 Å². The number of carboxylic acid groups (broad SMARTS) is 1. The van der Waals surface area contributed by atoms with E-state index in [0.29, 0.717) is 39.5 Å². The first kappa shape index (κ1) is 18.6. The second-order valence-corrected chi connectivity index (χ2v) is 4.60. The molecular formula is C16H24O6. The molecule has 1 unspecified atom stereocenters. The lowest BCUT2D eigenvalue weighted by molar-refractivity contribution is -0.151. The summed E-state index contributed by atoms with van der Waals surface area (Å²) in [6.07, 6.45) is -0.514. The number of hydrogen-bond donors (Lipinski definition) is 1. The fourth-order valence-corrected chi connectivity index (χ4v) is 1.76. The van der Waals surface area contributed by atoms with Gasteiger partial charge in [-0.1, -0.05) is 30.3 Å². The Hall–Kier alpha value is -1.47. The Bertz CT molecular complexity index is 395. The molecule has 1 aromatic rings. The summed E-state index contributed by atoms with van der Waals surface area (Å²) in [6.45, 7) is 2.60. The molecule has 0 fully saturated rings. The van der Waals surface area contributed by atoms with Gasteiger partial charge in [0.15, 0.2) is 6.10 Å². The molecule has 0 aliphatic rings. The Labute approximate surface area is 130 Å². The van der Waals surface area contributed by atoms with E-state index < -0.39 is 12.1 Å². The maximum atomic E-state index is 11.2. The fraction of sp³-hybridized carbons (Fsp3) is 0.562. The quantitative estimate of drug-likeness (QED) is 0.555. The standard InChI is InChI=1S/C16H24O6/c1-19-7-8-20-9-10-21-11-12-22-15(16(17)18)13-14-5-3-2-4-6-14/h2-6,15H,7-13H2,1H3,(H,17,18). The van der Waals surface area contributed by atoms with E-state index >= 15 is 0 Å². The molecule has 0 bridgehead atoms.